The van der Waals surface area contributed by atoms with E-state index >= 15 is 0 Å². The minimum Gasteiger partial charge on any atom is -0.0561 e. The molecule has 226 valence electrons. The van der Waals surface area contributed by atoms with Crippen LogP contribution in [0.1, 0.15) is 130 Å². The van der Waals surface area contributed by atoms with E-state index in [0.717, 1.165) is 0 Å². The minimum absolute atomic E-state index is 0.0837. The van der Waals surface area contributed by atoms with Crippen LogP contribution < -0.4 is 0 Å². The van der Waals surface area contributed by atoms with Crippen molar-refractivity contribution >= 4 is 0 Å². The van der Waals surface area contributed by atoms with Crippen LogP contribution in [-0.2, 0) is 27.1 Å². The van der Waals surface area contributed by atoms with Gasteiger partial charge >= 0.3 is 0 Å². The lowest BCUT2D eigenvalue weighted by atomic mass is 9.77. The van der Waals surface area contributed by atoms with E-state index in [4.69, 9.17) is 0 Å². The fourth-order valence-corrected chi connectivity index (χ4v) is 6.42. The Labute approximate surface area is 263 Å². The second-order valence-electron chi connectivity index (χ2n) is 17.7. The Balaban J connectivity index is 1.63. The van der Waals surface area contributed by atoms with Gasteiger partial charge in [0.25, 0.3) is 0 Å². The van der Waals surface area contributed by atoms with Gasteiger partial charge < -0.3 is 0 Å². The standard InChI is InChI=1S/C43H54/c1-39(2,3)31-19-29(20-32(25-31)40(4,5)6)27-15-17-35-36-18-16-28(24-38(36)43(13,14)37(35)23-27)30-21-33(41(7,8)9)26-34(22-30)42(10,11)12/h15-26H,1-14H3. The van der Waals surface area contributed by atoms with Gasteiger partial charge in [-0.2, -0.15) is 0 Å². The molecular formula is C43H54. The maximum absolute atomic E-state index is 2.47. The third-order valence-corrected chi connectivity index (χ3v) is 9.67. The molecule has 0 N–H and O–H groups in total. The molecule has 0 aromatic heterocycles. The van der Waals surface area contributed by atoms with E-state index in [1.807, 2.05) is 0 Å². The van der Waals surface area contributed by atoms with Crippen LogP contribution in [0.2, 0.25) is 0 Å². The number of fused-ring (bicyclic) bond motifs is 3. The highest BCUT2D eigenvalue weighted by Gasteiger charge is 2.36. The maximum Gasteiger partial charge on any atom is 0.0159 e. The molecule has 0 saturated carbocycles. The van der Waals surface area contributed by atoms with Gasteiger partial charge in [0.1, 0.15) is 0 Å². The molecule has 5 rings (SSSR count). The molecule has 0 unspecified atom stereocenters. The second kappa shape index (κ2) is 9.95. The summed E-state index contributed by atoms with van der Waals surface area (Å²) in [6, 6.07) is 28.9. The predicted molar refractivity (Wildman–Crippen MR) is 190 cm³/mol. The van der Waals surface area contributed by atoms with Crippen molar-refractivity contribution in [3.63, 3.8) is 0 Å². The summed E-state index contributed by atoms with van der Waals surface area (Å²) in [5, 5.41) is 0. The van der Waals surface area contributed by atoms with Crippen LogP contribution >= 0.6 is 0 Å². The highest BCUT2D eigenvalue weighted by atomic mass is 14.4. The van der Waals surface area contributed by atoms with E-state index in [1.165, 1.54) is 66.8 Å². The van der Waals surface area contributed by atoms with Crippen molar-refractivity contribution in [2.24, 2.45) is 0 Å². The van der Waals surface area contributed by atoms with Crippen LogP contribution in [0.4, 0.5) is 0 Å². The molecule has 0 atom stereocenters. The Morgan fingerprint density at radius 1 is 0.349 bits per heavy atom. The largest absolute Gasteiger partial charge is 0.0561 e. The lowest BCUT2D eigenvalue weighted by Gasteiger charge is -2.27. The summed E-state index contributed by atoms with van der Waals surface area (Å²) in [6.07, 6.45) is 0. The molecule has 4 aromatic rings. The summed E-state index contributed by atoms with van der Waals surface area (Å²) >= 11 is 0. The molecule has 43 heavy (non-hydrogen) atoms. The van der Waals surface area contributed by atoms with E-state index in [2.05, 4.69) is 170 Å². The van der Waals surface area contributed by atoms with Crippen LogP contribution in [0.3, 0.4) is 0 Å². The molecule has 0 amide bonds. The SMILES string of the molecule is CC(C)(C)c1cc(-c2ccc3c(c2)C(C)(C)c2cc(-c4cc(C(C)(C)C)cc(C(C)(C)C)c4)ccc2-3)cc(C(C)(C)C)c1. The molecule has 0 fully saturated rings. The number of rotatable bonds is 2. The lowest BCUT2D eigenvalue weighted by molar-refractivity contribution is 0.568. The molecule has 0 saturated heterocycles. The average Bonchev–Trinajstić information content (AvgIpc) is 3.12. The van der Waals surface area contributed by atoms with Gasteiger partial charge in [-0.05, 0) is 101 Å². The van der Waals surface area contributed by atoms with Gasteiger partial charge in [0.05, 0.1) is 0 Å². The molecule has 0 nitrogen and oxygen atoms in total. The Hall–Kier alpha value is -3.12. The zero-order chi connectivity index (χ0) is 31.9. The first-order valence-corrected chi connectivity index (χ1v) is 16.2. The average molecular weight is 571 g/mol. The molecule has 1 aliphatic carbocycles. The minimum atomic E-state index is -0.0837. The summed E-state index contributed by atoms with van der Waals surface area (Å²) in [5.74, 6) is 0. The molecule has 4 aromatic carbocycles. The Bertz CT molecular complexity index is 1500. The third-order valence-electron chi connectivity index (χ3n) is 9.67. The smallest absolute Gasteiger partial charge is 0.0159 e. The van der Waals surface area contributed by atoms with Crippen LogP contribution in [0, 0.1) is 0 Å². The summed E-state index contributed by atoms with van der Waals surface area (Å²) in [4.78, 5) is 0. The van der Waals surface area contributed by atoms with Crippen LogP contribution in [0.15, 0.2) is 72.8 Å². The molecular weight excluding hydrogens is 516 g/mol. The van der Waals surface area contributed by atoms with Gasteiger partial charge in [-0.3, -0.25) is 0 Å². The first-order chi connectivity index (χ1) is 19.6. The predicted octanol–water partition coefficient (Wildman–Crippen LogP) is 12.5. The molecule has 0 heteroatoms. The Morgan fingerprint density at radius 3 is 0.884 bits per heavy atom. The molecule has 0 bridgehead atoms. The van der Waals surface area contributed by atoms with Crippen LogP contribution in [0.25, 0.3) is 33.4 Å². The summed E-state index contributed by atoms with van der Waals surface area (Å²) in [6.45, 7) is 32.6. The van der Waals surface area contributed by atoms with Gasteiger partial charge in [-0.15, -0.1) is 0 Å². The van der Waals surface area contributed by atoms with E-state index in [9.17, 15) is 0 Å². The van der Waals surface area contributed by atoms with Crippen molar-refractivity contribution in [2.75, 3.05) is 0 Å². The van der Waals surface area contributed by atoms with E-state index < -0.39 is 0 Å². The van der Waals surface area contributed by atoms with Crippen LogP contribution in [0.5, 0.6) is 0 Å². The van der Waals surface area contributed by atoms with E-state index in [1.54, 1.807) is 0 Å². The summed E-state index contributed by atoms with van der Waals surface area (Å²) in [7, 11) is 0. The van der Waals surface area contributed by atoms with Crippen molar-refractivity contribution in [1.29, 1.82) is 0 Å². The number of benzene rings is 4. The summed E-state index contributed by atoms with van der Waals surface area (Å²) < 4.78 is 0. The Kier molecular flexibility index (Phi) is 7.24. The van der Waals surface area contributed by atoms with E-state index in [0.29, 0.717) is 0 Å². The highest BCUT2D eigenvalue weighted by molar-refractivity contribution is 5.86. The van der Waals surface area contributed by atoms with E-state index in [-0.39, 0.29) is 27.1 Å². The zero-order valence-corrected chi connectivity index (χ0v) is 29.4. The topological polar surface area (TPSA) is 0 Å². The van der Waals surface area contributed by atoms with Crippen molar-refractivity contribution in [3.05, 3.63) is 106 Å². The normalized spacial score (nSPS) is 14.9. The van der Waals surface area contributed by atoms with Crippen molar-refractivity contribution in [2.45, 2.75) is 124 Å². The monoisotopic (exact) mass is 570 g/mol. The van der Waals surface area contributed by atoms with Gasteiger partial charge in [0.2, 0.25) is 0 Å². The highest BCUT2D eigenvalue weighted by Crippen LogP contribution is 2.51. The number of hydrogen-bond donors (Lipinski definition) is 0. The molecule has 1 aliphatic rings. The molecule has 0 radical (unpaired) electrons. The van der Waals surface area contributed by atoms with Gasteiger partial charge in [-0.25, -0.2) is 0 Å². The first-order valence-electron chi connectivity index (χ1n) is 16.2. The van der Waals surface area contributed by atoms with Crippen LogP contribution in [-0.4, -0.2) is 0 Å². The van der Waals surface area contributed by atoms with Gasteiger partial charge in [-0.1, -0.05) is 158 Å². The first kappa shape index (κ1) is 31.3. The second-order valence-corrected chi connectivity index (χ2v) is 17.7. The zero-order valence-electron chi connectivity index (χ0n) is 29.4. The lowest BCUT2D eigenvalue weighted by Crippen LogP contribution is -2.17. The molecule has 0 heterocycles. The van der Waals surface area contributed by atoms with Crippen molar-refractivity contribution < 1.29 is 0 Å². The summed E-state index contributed by atoms with van der Waals surface area (Å²) in [5.41, 5.74) is 16.7. The third kappa shape index (κ3) is 5.87. The van der Waals surface area contributed by atoms with Gasteiger partial charge in [0.15, 0.2) is 0 Å². The maximum atomic E-state index is 2.47. The fraction of sp³-hybridized carbons (Fsp3) is 0.442. The molecule has 0 aliphatic heterocycles. The van der Waals surface area contributed by atoms with Crippen molar-refractivity contribution in [3.8, 4) is 33.4 Å². The quantitative estimate of drug-likeness (QED) is 0.225. The number of hydrogen-bond acceptors (Lipinski definition) is 0. The Morgan fingerprint density at radius 2 is 0.628 bits per heavy atom. The van der Waals surface area contributed by atoms with Crippen molar-refractivity contribution in [1.82, 2.24) is 0 Å². The molecule has 0 spiro atoms. The fourth-order valence-electron chi connectivity index (χ4n) is 6.42. The van der Waals surface area contributed by atoms with Gasteiger partial charge in [0, 0.05) is 5.41 Å².